The molecule has 0 bridgehead atoms. The summed E-state index contributed by atoms with van der Waals surface area (Å²) < 4.78 is 35.9. The minimum absolute atomic E-state index is 0.0864. The molecule has 11 heteroatoms. The van der Waals surface area contributed by atoms with Crippen molar-refractivity contribution >= 4 is 56.9 Å². The third-order valence-corrected chi connectivity index (χ3v) is 12.0. The van der Waals surface area contributed by atoms with Gasteiger partial charge in [-0.25, -0.2) is 8.42 Å². The molecule has 4 rings (SSSR count). The number of carbonyl (C=O) groups excluding carboxylic acids is 1. The van der Waals surface area contributed by atoms with Gasteiger partial charge in [0, 0.05) is 17.0 Å². The van der Waals surface area contributed by atoms with E-state index >= 15 is 0 Å². The van der Waals surface area contributed by atoms with Gasteiger partial charge in [0.25, 0.3) is 0 Å². The van der Waals surface area contributed by atoms with Gasteiger partial charge in [0.1, 0.15) is 5.60 Å². The van der Waals surface area contributed by atoms with Crippen molar-refractivity contribution in [2.45, 2.75) is 94.1 Å². The van der Waals surface area contributed by atoms with Crippen molar-refractivity contribution in [1.82, 2.24) is 4.31 Å². The molecule has 0 radical (unpaired) electrons. The van der Waals surface area contributed by atoms with Crippen LogP contribution in [0.3, 0.4) is 0 Å². The maximum atomic E-state index is 14.5. The molecular weight excluding hydrogens is 617 g/mol. The van der Waals surface area contributed by atoms with E-state index in [1.54, 1.807) is 63.2 Å². The second-order valence-electron chi connectivity index (χ2n) is 12.3. The molecule has 1 saturated heterocycles. The third kappa shape index (κ3) is 7.65. The topological polar surface area (TPSA) is 101 Å². The Morgan fingerprint density at radius 1 is 1.05 bits per heavy atom. The Kier molecular flexibility index (Phi) is 10.6. The van der Waals surface area contributed by atoms with Crippen LogP contribution in [-0.2, 0) is 24.3 Å². The van der Waals surface area contributed by atoms with Crippen LogP contribution in [0.25, 0.3) is 0 Å². The molecular formula is C31H39Cl2NO6S2. The third-order valence-electron chi connectivity index (χ3n) is 7.93. The van der Waals surface area contributed by atoms with Gasteiger partial charge in [0.05, 0.1) is 33.3 Å². The lowest BCUT2D eigenvalue weighted by Gasteiger charge is -2.32. The molecule has 0 aromatic heterocycles. The summed E-state index contributed by atoms with van der Waals surface area (Å²) >= 11 is 13.9. The molecule has 7 nitrogen and oxygen atoms in total. The molecule has 0 unspecified atom stereocenters. The minimum Gasteiger partial charge on any atom is -0.481 e. The maximum absolute atomic E-state index is 14.5. The van der Waals surface area contributed by atoms with Gasteiger partial charge >= 0.3 is 11.9 Å². The average molecular weight is 657 g/mol. The van der Waals surface area contributed by atoms with Crippen LogP contribution in [-0.4, -0.2) is 52.4 Å². The lowest BCUT2D eigenvalue weighted by Crippen LogP contribution is -2.41. The van der Waals surface area contributed by atoms with Crippen molar-refractivity contribution in [2.75, 3.05) is 5.75 Å². The van der Waals surface area contributed by atoms with Crippen LogP contribution in [0.4, 0.5) is 0 Å². The molecule has 0 amide bonds. The van der Waals surface area contributed by atoms with Crippen LogP contribution >= 0.6 is 35.0 Å². The van der Waals surface area contributed by atoms with Crippen LogP contribution in [0.1, 0.15) is 76.5 Å². The Morgan fingerprint density at radius 2 is 1.69 bits per heavy atom. The zero-order valence-corrected chi connectivity index (χ0v) is 27.5. The smallest absolute Gasteiger partial charge is 0.309 e. The molecule has 42 heavy (non-hydrogen) atoms. The van der Waals surface area contributed by atoms with Crippen molar-refractivity contribution in [3.63, 3.8) is 0 Å². The van der Waals surface area contributed by atoms with E-state index in [4.69, 9.17) is 27.9 Å². The molecule has 0 spiro atoms. The number of carboxylic acid groups (broad SMARTS) is 1. The summed E-state index contributed by atoms with van der Waals surface area (Å²) in [5, 5.41) is 10.6. The summed E-state index contributed by atoms with van der Waals surface area (Å²) in [4.78, 5) is 25.7. The van der Waals surface area contributed by atoms with Crippen LogP contribution < -0.4 is 0 Å². The Balaban J connectivity index is 1.82. The van der Waals surface area contributed by atoms with E-state index in [-0.39, 0.29) is 28.2 Å². The van der Waals surface area contributed by atoms with Gasteiger partial charge in [-0.2, -0.15) is 16.1 Å². The number of halogens is 2. The second kappa shape index (κ2) is 13.5. The standard InChI is InChI=1S/C31H39Cl2NO6S2/c1-19-9-12-22(13-10-19)42(38,39)34-25(17-20-7-5-6-8-20)29(41-16-15-26(35)40-31(2,3)4)27(30(36)37)28(34)21-11-14-23(32)24(33)18-21/h9-14,18,20,25,27-29H,5-8,15-17H2,1-4H3,(H,36,37)/t25-,27+,28+,29-/m1/s1. The Morgan fingerprint density at radius 3 is 2.26 bits per heavy atom. The quantitative estimate of drug-likeness (QED) is 0.264. The summed E-state index contributed by atoms with van der Waals surface area (Å²) in [6.45, 7) is 7.26. The first-order valence-corrected chi connectivity index (χ1v) is 17.5. The van der Waals surface area contributed by atoms with Gasteiger partial charge < -0.3 is 9.84 Å². The molecule has 2 aromatic rings. The fourth-order valence-corrected chi connectivity index (χ4v) is 9.85. The molecule has 2 fully saturated rings. The van der Waals surface area contributed by atoms with E-state index in [1.165, 1.54) is 16.1 Å². The number of ether oxygens (including phenoxy) is 1. The fourth-order valence-electron chi connectivity index (χ4n) is 6.13. The van der Waals surface area contributed by atoms with Crippen molar-refractivity contribution in [1.29, 1.82) is 0 Å². The van der Waals surface area contributed by atoms with Gasteiger partial charge in [0.2, 0.25) is 10.0 Å². The van der Waals surface area contributed by atoms with Crippen LogP contribution in [0.5, 0.6) is 0 Å². The van der Waals surface area contributed by atoms with Crippen molar-refractivity contribution in [3.8, 4) is 0 Å². The van der Waals surface area contributed by atoms with Crippen LogP contribution in [0, 0.1) is 18.8 Å². The number of thioether (sulfide) groups is 1. The van der Waals surface area contributed by atoms with Crippen molar-refractivity contribution in [2.24, 2.45) is 11.8 Å². The molecule has 1 aliphatic heterocycles. The predicted octanol–water partition coefficient (Wildman–Crippen LogP) is 7.53. The number of nitrogens with zero attached hydrogens (tertiary/aromatic N) is 1. The lowest BCUT2D eigenvalue weighted by atomic mass is 9.91. The number of aryl methyl sites for hydroxylation is 1. The Hall–Kier alpha value is -1.78. The maximum Gasteiger partial charge on any atom is 0.309 e. The van der Waals surface area contributed by atoms with E-state index < -0.39 is 44.8 Å². The Labute approximate surface area is 263 Å². The summed E-state index contributed by atoms with van der Waals surface area (Å²) in [5.41, 5.74) is 0.749. The highest BCUT2D eigenvalue weighted by Crippen LogP contribution is 2.52. The number of hydrogen-bond acceptors (Lipinski definition) is 6. The number of benzene rings is 2. The number of carboxylic acids is 1. The van der Waals surface area contributed by atoms with E-state index in [1.807, 2.05) is 6.92 Å². The van der Waals surface area contributed by atoms with Gasteiger partial charge in [0.15, 0.2) is 0 Å². The number of aliphatic carboxylic acids is 1. The number of esters is 1. The van der Waals surface area contributed by atoms with Gasteiger partial charge in [-0.1, -0.05) is 72.6 Å². The van der Waals surface area contributed by atoms with E-state index in [0.29, 0.717) is 22.8 Å². The highest BCUT2D eigenvalue weighted by Gasteiger charge is 2.57. The van der Waals surface area contributed by atoms with E-state index in [9.17, 15) is 23.1 Å². The van der Waals surface area contributed by atoms with Crippen molar-refractivity contribution in [3.05, 3.63) is 63.6 Å². The molecule has 2 aromatic carbocycles. The van der Waals surface area contributed by atoms with E-state index in [2.05, 4.69) is 0 Å². The van der Waals surface area contributed by atoms with Gasteiger partial charge in [-0.05, 0) is 69.9 Å². The van der Waals surface area contributed by atoms with Crippen molar-refractivity contribution < 1.29 is 27.9 Å². The minimum atomic E-state index is -4.14. The molecule has 4 atom stereocenters. The monoisotopic (exact) mass is 655 g/mol. The molecule has 1 heterocycles. The van der Waals surface area contributed by atoms with Gasteiger partial charge in [-0.3, -0.25) is 9.59 Å². The molecule has 2 aliphatic rings. The summed E-state index contributed by atoms with van der Waals surface area (Å²) in [6.07, 6.45) is 4.70. The largest absolute Gasteiger partial charge is 0.481 e. The molecule has 1 N–H and O–H groups in total. The number of rotatable bonds is 10. The van der Waals surface area contributed by atoms with Crippen LogP contribution in [0.15, 0.2) is 47.4 Å². The predicted molar refractivity (Wildman–Crippen MR) is 168 cm³/mol. The number of carbonyl (C=O) groups is 2. The normalized spacial score (nSPS) is 23.8. The molecule has 1 saturated carbocycles. The number of hydrogen-bond donors (Lipinski definition) is 1. The fraction of sp³-hybridized carbons (Fsp3) is 0.548. The van der Waals surface area contributed by atoms with E-state index in [0.717, 1.165) is 31.2 Å². The first-order valence-electron chi connectivity index (χ1n) is 14.3. The summed E-state index contributed by atoms with van der Waals surface area (Å²) in [5.74, 6) is -1.98. The highest BCUT2D eigenvalue weighted by molar-refractivity contribution is 8.00. The lowest BCUT2D eigenvalue weighted by molar-refractivity contribution is -0.154. The van der Waals surface area contributed by atoms with Crippen LogP contribution in [0.2, 0.25) is 10.0 Å². The first-order chi connectivity index (χ1) is 19.7. The zero-order valence-electron chi connectivity index (χ0n) is 24.4. The summed E-state index contributed by atoms with van der Waals surface area (Å²) in [7, 11) is -4.14. The zero-order chi connectivity index (χ0) is 30.8. The average Bonchev–Trinajstić information content (AvgIpc) is 3.52. The molecule has 230 valence electrons. The van der Waals surface area contributed by atoms with Gasteiger partial charge in [-0.15, -0.1) is 0 Å². The SMILES string of the molecule is Cc1ccc(S(=O)(=O)N2[C@H](CC3CCCC3)[C@@H](SCCC(=O)OC(C)(C)C)[C@@H](C(=O)O)[C@@H]2c2ccc(Cl)c(Cl)c2)cc1. The number of sulfonamides is 1. The summed E-state index contributed by atoms with van der Waals surface area (Å²) in [6, 6.07) is 9.80. The molecule has 1 aliphatic carbocycles. The Bertz CT molecular complexity index is 1390. The highest BCUT2D eigenvalue weighted by atomic mass is 35.5. The second-order valence-corrected chi connectivity index (χ2v) is 16.2. The first kappa shape index (κ1) is 33.1.